The molecule has 56 heavy (non-hydrogen) atoms. The Labute approximate surface area is 355 Å². The third kappa shape index (κ3) is 27.0. The molecule has 0 heterocycles. The van der Waals surface area contributed by atoms with E-state index < -0.39 is 11.6 Å². The largest absolute Gasteiger partial charge is 0.491 e. The molecule has 0 saturated carbocycles. The molecule has 318 valence electrons. The van der Waals surface area contributed by atoms with Gasteiger partial charge in [-0.2, -0.15) is 0 Å². The number of hydrogen-bond donors (Lipinski definition) is 3. The molecule has 0 saturated heterocycles. The molecule has 0 aliphatic rings. The van der Waals surface area contributed by atoms with Gasteiger partial charge in [0.05, 0.1) is 39.6 Å². The van der Waals surface area contributed by atoms with Crippen molar-refractivity contribution in [1.29, 1.82) is 0 Å². The van der Waals surface area contributed by atoms with Gasteiger partial charge in [0.15, 0.2) is 0 Å². The van der Waals surface area contributed by atoms with Crippen LogP contribution >= 0.6 is 47.2 Å². The van der Waals surface area contributed by atoms with E-state index in [1.54, 1.807) is 0 Å². The lowest BCUT2D eigenvalue weighted by molar-refractivity contribution is 0.0513. The zero-order valence-electron chi connectivity index (χ0n) is 33.1. The highest BCUT2D eigenvalue weighted by Gasteiger charge is 2.25. The summed E-state index contributed by atoms with van der Waals surface area (Å²) in [5.41, 5.74) is 13.8. The van der Waals surface area contributed by atoms with Gasteiger partial charge in [-0.05, 0) is 93.1 Å². The number of nitrogens with two attached hydrogens (primary N) is 2. The molecule has 5 N–H and O–H groups in total. The van der Waals surface area contributed by atoms with Crippen LogP contribution < -0.4 is 25.7 Å². The van der Waals surface area contributed by atoms with Crippen LogP contribution in [0.3, 0.4) is 0 Å². The maximum absolute atomic E-state index is 11.2. The fraction of sp³-hybridized carbons (Fsp3) is 0.537. The third-order valence-electron chi connectivity index (χ3n) is 7.43. The standard InChI is InChI=1S/C17H26ClNO4.2C12H18ClNO2.ClH/c1-17(2,3)19(16(20)21)10-11-22-12-13-23-15-6-4-14(5-7-15)8-9-18;2*13-6-5-11-1-3-12(4-2-11)16-10-9-15-8-7-14;/h4-7H,8-13H2,1-3H3,(H,20,21);2*1-4H,5-10,14H2;1H. The van der Waals surface area contributed by atoms with Gasteiger partial charge in [-0.25, -0.2) is 4.79 Å². The lowest BCUT2D eigenvalue weighted by atomic mass is 10.1. The Bertz CT molecular complexity index is 1290. The number of rotatable bonds is 25. The second-order valence-electron chi connectivity index (χ2n) is 12.8. The molecule has 0 aliphatic carbocycles. The second-order valence-corrected chi connectivity index (χ2v) is 13.9. The number of halogens is 4. The lowest BCUT2D eigenvalue weighted by Crippen LogP contribution is -2.46. The second kappa shape index (κ2) is 34.3. The molecule has 15 heteroatoms. The predicted molar refractivity (Wildman–Crippen MR) is 231 cm³/mol. The Morgan fingerprint density at radius 3 is 1.11 bits per heavy atom. The molecule has 0 bridgehead atoms. The fourth-order valence-corrected chi connectivity index (χ4v) is 5.24. The van der Waals surface area contributed by atoms with Crippen molar-refractivity contribution in [2.24, 2.45) is 11.5 Å². The summed E-state index contributed by atoms with van der Waals surface area (Å²) in [6, 6.07) is 23.7. The van der Waals surface area contributed by atoms with Gasteiger partial charge in [0.2, 0.25) is 0 Å². The van der Waals surface area contributed by atoms with Crippen molar-refractivity contribution in [1.82, 2.24) is 4.90 Å². The van der Waals surface area contributed by atoms with Gasteiger partial charge >= 0.3 is 6.09 Å². The van der Waals surface area contributed by atoms with Crippen LogP contribution in [0.1, 0.15) is 37.5 Å². The number of amides is 1. The minimum Gasteiger partial charge on any atom is -0.491 e. The summed E-state index contributed by atoms with van der Waals surface area (Å²) < 4.78 is 32.4. The molecule has 1 amide bonds. The first kappa shape index (κ1) is 53.3. The smallest absolute Gasteiger partial charge is 0.407 e. The van der Waals surface area contributed by atoms with Crippen molar-refractivity contribution in [2.45, 2.75) is 45.6 Å². The number of carbonyl (C=O) groups is 1. The van der Waals surface area contributed by atoms with Gasteiger partial charge in [0.25, 0.3) is 0 Å². The molecule has 0 atom stereocenters. The number of carboxylic acid groups (broad SMARTS) is 1. The Morgan fingerprint density at radius 1 is 0.554 bits per heavy atom. The van der Waals surface area contributed by atoms with E-state index in [1.807, 2.05) is 93.6 Å². The van der Waals surface area contributed by atoms with E-state index in [2.05, 4.69) is 0 Å². The molecule has 0 radical (unpaired) electrons. The Hall–Kier alpha value is -2.71. The van der Waals surface area contributed by atoms with E-state index in [-0.39, 0.29) is 12.4 Å². The number of nitrogens with zero attached hydrogens (tertiary/aromatic N) is 1. The highest BCUT2D eigenvalue weighted by molar-refractivity contribution is 6.18. The summed E-state index contributed by atoms with van der Waals surface area (Å²) in [6.07, 6.45) is 1.69. The van der Waals surface area contributed by atoms with Crippen molar-refractivity contribution in [3.8, 4) is 17.2 Å². The predicted octanol–water partition coefficient (Wildman–Crippen LogP) is 7.71. The quantitative estimate of drug-likeness (QED) is 0.0572. The molecule has 0 spiro atoms. The van der Waals surface area contributed by atoms with Gasteiger partial charge in [-0.3, -0.25) is 0 Å². The van der Waals surface area contributed by atoms with Crippen LogP contribution in [-0.4, -0.2) is 118 Å². The van der Waals surface area contributed by atoms with E-state index in [0.29, 0.717) is 96.7 Å². The molecule has 11 nitrogen and oxygen atoms in total. The third-order valence-corrected chi connectivity index (χ3v) is 8.00. The van der Waals surface area contributed by atoms with Gasteiger partial charge < -0.3 is 49.9 Å². The van der Waals surface area contributed by atoms with Crippen LogP contribution in [0.15, 0.2) is 72.8 Å². The topological polar surface area (TPSA) is 148 Å². The first-order valence-corrected chi connectivity index (χ1v) is 20.1. The van der Waals surface area contributed by atoms with Crippen molar-refractivity contribution < 1.29 is 38.3 Å². The molecule has 0 unspecified atom stereocenters. The molecule has 3 rings (SSSR count). The summed E-state index contributed by atoms with van der Waals surface area (Å²) in [4.78, 5) is 12.5. The SMILES string of the molecule is CC(C)(C)N(CCOCCOc1ccc(CCCl)cc1)C(=O)O.Cl.NCCOCCOc1ccc(CCCl)cc1.NCCOCCOc1ccc(CCCl)cc1. The van der Waals surface area contributed by atoms with Crippen molar-refractivity contribution in [3.05, 3.63) is 89.5 Å². The van der Waals surface area contributed by atoms with Crippen LogP contribution in [-0.2, 0) is 33.5 Å². The first-order chi connectivity index (χ1) is 26.6. The van der Waals surface area contributed by atoms with Gasteiger partial charge in [-0.1, -0.05) is 36.4 Å². The fourth-order valence-electron chi connectivity index (χ4n) is 4.59. The lowest BCUT2D eigenvalue weighted by Gasteiger charge is -2.32. The Morgan fingerprint density at radius 2 is 0.857 bits per heavy atom. The molecule has 0 aliphatic heterocycles. The Balaban J connectivity index is 0.000000823. The summed E-state index contributed by atoms with van der Waals surface area (Å²) in [5.74, 6) is 4.40. The number of aryl methyl sites for hydroxylation is 3. The first-order valence-electron chi connectivity index (χ1n) is 18.5. The number of benzene rings is 3. The van der Waals surface area contributed by atoms with Crippen molar-refractivity contribution >= 4 is 53.3 Å². The molecule has 3 aromatic rings. The summed E-state index contributed by atoms with van der Waals surface area (Å²) in [5, 5.41) is 9.16. The number of ether oxygens (including phenoxy) is 6. The highest BCUT2D eigenvalue weighted by Crippen LogP contribution is 2.15. The van der Waals surface area contributed by atoms with Crippen LogP contribution in [0.5, 0.6) is 17.2 Å². The maximum atomic E-state index is 11.2. The van der Waals surface area contributed by atoms with E-state index in [0.717, 1.165) is 36.5 Å². The van der Waals surface area contributed by atoms with Gasteiger partial charge in [0, 0.05) is 42.8 Å². The Kier molecular flexibility index (Phi) is 32.7. The number of hydrogen-bond acceptors (Lipinski definition) is 9. The molecular weight excluding hydrogens is 804 g/mol. The van der Waals surface area contributed by atoms with Crippen LogP contribution in [0.2, 0.25) is 0 Å². The zero-order chi connectivity index (χ0) is 40.6. The number of alkyl halides is 3. The molecule has 0 aromatic heterocycles. The van der Waals surface area contributed by atoms with Crippen molar-refractivity contribution in [2.75, 3.05) is 96.7 Å². The van der Waals surface area contributed by atoms with Crippen molar-refractivity contribution in [3.63, 3.8) is 0 Å². The summed E-state index contributed by atoms with van der Waals surface area (Å²) in [7, 11) is 0. The minimum absolute atomic E-state index is 0. The van der Waals surface area contributed by atoms with Gasteiger partial charge in [-0.15, -0.1) is 47.2 Å². The van der Waals surface area contributed by atoms with Gasteiger partial charge in [0.1, 0.15) is 37.1 Å². The highest BCUT2D eigenvalue weighted by atomic mass is 35.5. The normalized spacial score (nSPS) is 10.6. The van der Waals surface area contributed by atoms with E-state index in [4.69, 9.17) is 79.8 Å². The minimum atomic E-state index is -0.936. The van der Waals surface area contributed by atoms with E-state index in [1.165, 1.54) is 21.6 Å². The molecule has 3 aromatic carbocycles. The van der Waals surface area contributed by atoms with E-state index in [9.17, 15) is 4.79 Å². The molecule has 0 fully saturated rings. The average molecular weight is 868 g/mol. The monoisotopic (exact) mass is 865 g/mol. The van der Waals surface area contributed by atoms with Crippen LogP contribution in [0.4, 0.5) is 4.79 Å². The van der Waals surface area contributed by atoms with E-state index >= 15 is 0 Å². The molecular formula is C41H63Cl4N3O8. The van der Waals surface area contributed by atoms with Crippen LogP contribution in [0.25, 0.3) is 0 Å². The average Bonchev–Trinajstić information content (AvgIpc) is 3.16. The maximum Gasteiger partial charge on any atom is 0.407 e. The summed E-state index contributed by atoms with van der Waals surface area (Å²) >= 11 is 17.0. The zero-order valence-corrected chi connectivity index (χ0v) is 36.2. The van der Waals surface area contributed by atoms with Crippen LogP contribution in [0, 0.1) is 0 Å². The summed E-state index contributed by atoms with van der Waals surface area (Å²) in [6.45, 7) is 11.6.